The average Bonchev–Trinajstić information content (AvgIpc) is 3.08. The minimum Gasteiger partial charge on any atom is -0.314 e. The highest BCUT2D eigenvalue weighted by Crippen LogP contribution is 2.27. The SMILES string of the molecule is Cc1cc(C)n(-c2ccc(=O)n(C3CCC(NCCc4ccccc4)CC3)n2)n1. The Morgan fingerprint density at radius 3 is 2.45 bits per heavy atom. The van der Waals surface area contributed by atoms with E-state index in [0.29, 0.717) is 11.9 Å². The Bertz CT molecular complexity index is 1000. The van der Waals surface area contributed by atoms with E-state index in [1.165, 1.54) is 5.56 Å². The molecule has 1 fully saturated rings. The number of hydrogen-bond donors (Lipinski definition) is 1. The maximum atomic E-state index is 12.5. The monoisotopic (exact) mass is 391 g/mol. The van der Waals surface area contributed by atoms with Crippen molar-refractivity contribution in [1.82, 2.24) is 24.9 Å². The lowest BCUT2D eigenvalue weighted by Gasteiger charge is -2.29. The van der Waals surface area contributed by atoms with Gasteiger partial charge in [0.05, 0.1) is 11.7 Å². The van der Waals surface area contributed by atoms with Crippen LogP contribution in [0.25, 0.3) is 5.82 Å². The fraction of sp³-hybridized carbons (Fsp3) is 0.435. The zero-order valence-electron chi connectivity index (χ0n) is 17.2. The second kappa shape index (κ2) is 8.74. The van der Waals surface area contributed by atoms with Crippen molar-refractivity contribution in [2.75, 3.05) is 6.54 Å². The molecule has 1 aromatic carbocycles. The molecule has 1 saturated carbocycles. The van der Waals surface area contributed by atoms with Crippen LogP contribution in [0, 0.1) is 13.8 Å². The number of aryl methyl sites for hydroxylation is 2. The van der Waals surface area contributed by atoms with Gasteiger partial charge in [-0.2, -0.15) is 5.10 Å². The van der Waals surface area contributed by atoms with Crippen LogP contribution in [0.4, 0.5) is 0 Å². The van der Waals surface area contributed by atoms with Gasteiger partial charge in [0.25, 0.3) is 5.56 Å². The fourth-order valence-electron chi connectivity index (χ4n) is 4.24. The van der Waals surface area contributed by atoms with E-state index in [1.807, 2.05) is 24.6 Å². The summed E-state index contributed by atoms with van der Waals surface area (Å²) < 4.78 is 3.48. The largest absolute Gasteiger partial charge is 0.314 e. The van der Waals surface area contributed by atoms with Gasteiger partial charge in [-0.3, -0.25) is 4.79 Å². The number of rotatable bonds is 6. The van der Waals surface area contributed by atoms with E-state index < -0.39 is 0 Å². The highest BCUT2D eigenvalue weighted by atomic mass is 16.1. The lowest BCUT2D eigenvalue weighted by Crippen LogP contribution is -2.37. The molecule has 0 unspecified atom stereocenters. The molecule has 1 N–H and O–H groups in total. The smallest absolute Gasteiger partial charge is 0.267 e. The molecule has 0 amide bonds. The van der Waals surface area contributed by atoms with E-state index in [9.17, 15) is 4.79 Å². The van der Waals surface area contributed by atoms with Gasteiger partial charge in [-0.05, 0) is 70.2 Å². The average molecular weight is 392 g/mol. The number of nitrogens with zero attached hydrogens (tertiary/aromatic N) is 4. The summed E-state index contributed by atoms with van der Waals surface area (Å²) in [6.45, 7) is 4.96. The molecule has 1 aliphatic rings. The zero-order chi connectivity index (χ0) is 20.2. The van der Waals surface area contributed by atoms with Gasteiger partial charge in [-0.15, -0.1) is 5.10 Å². The molecule has 6 nitrogen and oxygen atoms in total. The minimum absolute atomic E-state index is 0.0317. The van der Waals surface area contributed by atoms with Gasteiger partial charge in [0.2, 0.25) is 0 Å². The van der Waals surface area contributed by atoms with Gasteiger partial charge in [0.15, 0.2) is 5.82 Å². The highest BCUT2D eigenvalue weighted by molar-refractivity contribution is 5.24. The Morgan fingerprint density at radius 2 is 1.76 bits per heavy atom. The van der Waals surface area contributed by atoms with Crippen LogP contribution in [-0.4, -0.2) is 32.1 Å². The van der Waals surface area contributed by atoms with Crippen LogP contribution in [-0.2, 0) is 6.42 Å². The maximum absolute atomic E-state index is 12.5. The predicted octanol–water partition coefficient (Wildman–Crippen LogP) is 3.36. The molecule has 0 bridgehead atoms. The topological polar surface area (TPSA) is 64.7 Å². The van der Waals surface area contributed by atoms with E-state index in [1.54, 1.807) is 16.8 Å². The van der Waals surface area contributed by atoms with Crippen molar-refractivity contribution in [2.45, 2.75) is 58.0 Å². The molecular weight excluding hydrogens is 362 g/mol. The summed E-state index contributed by atoms with van der Waals surface area (Å²) in [5.74, 6) is 0.707. The molecule has 29 heavy (non-hydrogen) atoms. The summed E-state index contributed by atoms with van der Waals surface area (Å²) in [5.41, 5.74) is 3.30. The third-order valence-electron chi connectivity index (χ3n) is 5.77. The van der Waals surface area contributed by atoms with Crippen molar-refractivity contribution in [3.05, 3.63) is 75.8 Å². The summed E-state index contributed by atoms with van der Waals surface area (Å²) in [5, 5.41) is 12.8. The first kappa shape index (κ1) is 19.6. The first-order valence-corrected chi connectivity index (χ1v) is 10.5. The Balaban J connectivity index is 1.36. The van der Waals surface area contributed by atoms with E-state index in [-0.39, 0.29) is 11.6 Å². The molecule has 152 valence electrons. The van der Waals surface area contributed by atoms with Crippen LogP contribution in [0.1, 0.15) is 48.7 Å². The van der Waals surface area contributed by atoms with Crippen LogP contribution in [0.3, 0.4) is 0 Å². The molecule has 0 aliphatic heterocycles. The van der Waals surface area contributed by atoms with Crippen LogP contribution >= 0.6 is 0 Å². The minimum atomic E-state index is -0.0317. The molecule has 4 rings (SSSR count). The summed E-state index contributed by atoms with van der Waals surface area (Å²) in [6, 6.07) is 16.6. The van der Waals surface area contributed by atoms with Crippen LogP contribution < -0.4 is 10.9 Å². The molecule has 3 aromatic rings. The number of nitrogens with one attached hydrogen (secondary N) is 1. The molecule has 2 heterocycles. The molecule has 1 aliphatic carbocycles. The molecule has 0 atom stereocenters. The molecule has 2 aromatic heterocycles. The van der Waals surface area contributed by atoms with Crippen LogP contribution in [0.2, 0.25) is 0 Å². The van der Waals surface area contributed by atoms with Gasteiger partial charge in [0.1, 0.15) is 0 Å². The van der Waals surface area contributed by atoms with Gasteiger partial charge < -0.3 is 5.32 Å². The number of hydrogen-bond acceptors (Lipinski definition) is 4. The normalized spacial score (nSPS) is 19.4. The zero-order valence-corrected chi connectivity index (χ0v) is 17.2. The van der Waals surface area contributed by atoms with E-state index in [2.05, 4.69) is 45.8 Å². The highest BCUT2D eigenvalue weighted by Gasteiger charge is 2.24. The first-order chi connectivity index (χ1) is 14.1. The van der Waals surface area contributed by atoms with E-state index >= 15 is 0 Å². The van der Waals surface area contributed by atoms with Crippen LogP contribution in [0.15, 0.2) is 53.3 Å². The van der Waals surface area contributed by atoms with Crippen molar-refractivity contribution in [2.24, 2.45) is 0 Å². The second-order valence-electron chi connectivity index (χ2n) is 8.01. The summed E-state index contributed by atoms with van der Waals surface area (Å²) >= 11 is 0. The van der Waals surface area contributed by atoms with Crippen molar-refractivity contribution >= 4 is 0 Å². The predicted molar refractivity (Wildman–Crippen MR) is 115 cm³/mol. The van der Waals surface area contributed by atoms with Gasteiger partial charge in [-0.1, -0.05) is 30.3 Å². The fourth-order valence-corrected chi connectivity index (χ4v) is 4.24. The Labute approximate surface area is 171 Å². The second-order valence-corrected chi connectivity index (χ2v) is 8.01. The molecule has 0 radical (unpaired) electrons. The van der Waals surface area contributed by atoms with E-state index in [0.717, 1.165) is 50.0 Å². The lowest BCUT2D eigenvalue weighted by atomic mass is 9.91. The summed E-state index contributed by atoms with van der Waals surface area (Å²) in [6.07, 6.45) is 5.12. The van der Waals surface area contributed by atoms with Gasteiger partial charge in [0, 0.05) is 17.8 Å². The Kier molecular flexibility index (Phi) is 5.90. The first-order valence-electron chi connectivity index (χ1n) is 10.5. The number of aromatic nitrogens is 4. The van der Waals surface area contributed by atoms with E-state index in [4.69, 9.17) is 0 Å². The van der Waals surface area contributed by atoms with Crippen LogP contribution in [0.5, 0.6) is 0 Å². The third-order valence-corrected chi connectivity index (χ3v) is 5.77. The van der Waals surface area contributed by atoms with Gasteiger partial charge >= 0.3 is 0 Å². The molecule has 6 heteroatoms. The molecule has 0 saturated heterocycles. The molecule has 0 spiro atoms. The Morgan fingerprint density at radius 1 is 1.00 bits per heavy atom. The van der Waals surface area contributed by atoms with Crippen molar-refractivity contribution in [1.29, 1.82) is 0 Å². The quantitative estimate of drug-likeness (QED) is 0.700. The maximum Gasteiger partial charge on any atom is 0.267 e. The van der Waals surface area contributed by atoms with Crippen molar-refractivity contribution < 1.29 is 0 Å². The number of benzene rings is 1. The lowest BCUT2D eigenvalue weighted by molar-refractivity contribution is 0.269. The third kappa shape index (κ3) is 4.65. The molecular formula is C23H29N5O. The standard InChI is InChI=1S/C23H29N5O/c1-17-16-18(2)27(25-17)22-12-13-23(29)28(26-22)21-10-8-20(9-11-21)24-15-14-19-6-4-3-5-7-19/h3-7,12-13,16,20-21,24H,8-11,14-15H2,1-2H3. The Hall–Kier alpha value is -2.73. The van der Waals surface area contributed by atoms with Gasteiger partial charge in [-0.25, -0.2) is 9.36 Å². The van der Waals surface area contributed by atoms with Crippen molar-refractivity contribution in [3.63, 3.8) is 0 Å². The van der Waals surface area contributed by atoms with Crippen molar-refractivity contribution in [3.8, 4) is 5.82 Å². The summed E-state index contributed by atoms with van der Waals surface area (Å²) in [7, 11) is 0. The summed E-state index contributed by atoms with van der Waals surface area (Å²) in [4.78, 5) is 12.5.